The van der Waals surface area contributed by atoms with Gasteiger partial charge in [0.25, 0.3) is 0 Å². The first-order chi connectivity index (χ1) is 18.8. The van der Waals surface area contributed by atoms with Gasteiger partial charge in [-0.2, -0.15) is 0 Å². The van der Waals surface area contributed by atoms with Crippen LogP contribution in [0.3, 0.4) is 0 Å². The van der Waals surface area contributed by atoms with E-state index >= 15 is 0 Å². The van der Waals surface area contributed by atoms with Gasteiger partial charge < -0.3 is 24.6 Å². The molecule has 12 heteroatoms. The normalized spacial score (nSPS) is 29.2. The van der Waals surface area contributed by atoms with Crippen LogP contribution in [0.25, 0.3) is 11.2 Å². The van der Waals surface area contributed by atoms with E-state index in [0.29, 0.717) is 34.1 Å². The van der Waals surface area contributed by atoms with Crippen molar-refractivity contribution in [2.24, 2.45) is 0 Å². The Bertz CT molecular complexity index is 1360. The van der Waals surface area contributed by atoms with E-state index in [9.17, 15) is 9.50 Å². The molecule has 3 heterocycles. The second-order valence-electron chi connectivity index (χ2n) is 11.0. The third-order valence-electron chi connectivity index (χ3n) is 7.60. The van der Waals surface area contributed by atoms with Crippen LogP contribution in [-0.2, 0) is 14.2 Å². The number of aromatic nitrogens is 5. The largest absolute Gasteiger partial charge is 0.394 e. The zero-order valence-electron chi connectivity index (χ0n) is 22.6. The number of aliphatic hydroxyl groups is 1. The first-order valence-corrected chi connectivity index (χ1v) is 14.6. The molecule has 2 aliphatic carbocycles. The Morgan fingerprint density at radius 3 is 2.82 bits per heavy atom. The van der Waals surface area contributed by atoms with Crippen molar-refractivity contribution in [3.63, 3.8) is 0 Å². The van der Waals surface area contributed by atoms with Crippen LogP contribution in [0.5, 0.6) is 0 Å². The van der Waals surface area contributed by atoms with E-state index in [4.69, 9.17) is 24.2 Å². The Labute approximate surface area is 231 Å². The summed E-state index contributed by atoms with van der Waals surface area (Å²) in [6, 6.07) is 5.37. The lowest BCUT2D eigenvalue weighted by molar-refractivity contribution is -0.171. The number of thioether (sulfide) groups is 1. The molecule has 0 spiro atoms. The Kier molecular flexibility index (Phi) is 7.25. The molecular weight excluding hydrogens is 523 g/mol. The number of fused-ring (bicyclic) bond motifs is 2. The zero-order chi connectivity index (χ0) is 27.3. The number of nitrogens with one attached hydrogen (secondary N) is 1. The van der Waals surface area contributed by atoms with Crippen LogP contribution < -0.4 is 5.32 Å². The molecule has 10 nitrogen and oxygen atoms in total. The highest BCUT2D eigenvalue weighted by atomic mass is 32.2. The van der Waals surface area contributed by atoms with Crippen LogP contribution in [0, 0.1) is 12.7 Å². The highest BCUT2D eigenvalue weighted by Crippen LogP contribution is 2.46. The molecule has 210 valence electrons. The predicted octanol–water partition coefficient (Wildman–Crippen LogP) is 3.98. The lowest BCUT2D eigenvalue weighted by Crippen LogP contribution is -2.31. The van der Waals surface area contributed by atoms with Crippen molar-refractivity contribution in [1.82, 2.24) is 25.0 Å². The van der Waals surface area contributed by atoms with Crippen molar-refractivity contribution in [2.45, 2.75) is 94.2 Å². The number of nitrogens with zero attached hydrogens (tertiary/aromatic N) is 5. The van der Waals surface area contributed by atoms with Crippen molar-refractivity contribution in [1.29, 1.82) is 0 Å². The third kappa shape index (κ3) is 5.24. The van der Waals surface area contributed by atoms with Crippen LogP contribution in [0.15, 0.2) is 23.4 Å². The van der Waals surface area contributed by atoms with Crippen molar-refractivity contribution >= 4 is 28.7 Å². The van der Waals surface area contributed by atoms with E-state index in [1.165, 1.54) is 0 Å². The van der Waals surface area contributed by atoms with Crippen molar-refractivity contribution in [3.8, 4) is 0 Å². The molecule has 3 aliphatic rings. The van der Waals surface area contributed by atoms with Gasteiger partial charge >= 0.3 is 0 Å². The minimum atomic E-state index is -0.758. The Morgan fingerprint density at radius 2 is 2.05 bits per heavy atom. The van der Waals surface area contributed by atoms with E-state index in [-0.39, 0.29) is 55.3 Å². The van der Waals surface area contributed by atoms with E-state index in [2.05, 4.69) is 22.6 Å². The van der Waals surface area contributed by atoms with Gasteiger partial charge in [0.15, 0.2) is 27.9 Å². The molecule has 1 aliphatic heterocycles. The number of aryl methyl sites for hydroxylation is 1. The molecule has 2 aromatic heterocycles. The van der Waals surface area contributed by atoms with Crippen LogP contribution in [0.4, 0.5) is 10.2 Å². The second-order valence-corrected chi connectivity index (χ2v) is 12.1. The van der Waals surface area contributed by atoms with Gasteiger partial charge in [0, 0.05) is 24.1 Å². The smallest absolute Gasteiger partial charge is 0.191 e. The maximum absolute atomic E-state index is 14.2. The number of rotatable bonds is 10. The third-order valence-corrected chi connectivity index (χ3v) is 8.65. The number of ether oxygens (including phenoxy) is 3. The van der Waals surface area contributed by atoms with E-state index < -0.39 is 5.79 Å². The number of hydrogen-bond acceptors (Lipinski definition) is 10. The molecular formula is C27H35FN6O4S. The highest BCUT2D eigenvalue weighted by molar-refractivity contribution is 7.99. The number of anilines is 1. The molecule has 3 aromatic rings. The lowest BCUT2D eigenvalue weighted by atomic mass is 10.1. The summed E-state index contributed by atoms with van der Waals surface area (Å²) in [5, 5.41) is 22.6. The minimum Gasteiger partial charge on any atom is -0.394 e. The molecule has 0 bridgehead atoms. The topological polar surface area (TPSA) is 116 Å². The van der Waals surface area contributed by atoms with Gasteiger partial charge in [0.1, 0.15) is 18.0 Å². The summed E-state index contributed by atoms with van der Waals surface area (Å²) in [5.74, 6) is 0.791. The molecule has 1 saturated heterocycles. The monoisotopic (exact) mass is 558 g/mol. The average molecular weight is 559 g/mol. The van der Waals surface area contributed by atoms with Crippen molar-refractivity contribution in [2.75, 3.05) is 24.3 Å². The zero-order valence-corrected chi connectivity index (χ0v) is 23.4. The number of halogens is 1. The maximum Gasteiger partial charge on any atom is 0.191 e. The van der Waals surface area contributed by atoms with Crippen LogP contribution in [0.2, 0.25) is 0 Å². The fourth-order valence-corrected chi connectivity index (χ4v) is 6.34. The fraction of sp³-hybridized carbons (Fsp3) is 0.630. The first kappa shape index (κ1) is 26.8. The van der Waals surface area contributed by atoms with E-state index in [0.717, 1.165) is 24.2 Å². The van der Waals surface area contributed by atoms with Crippen LogP contribution >= 0.6 is 11.8 Å². The summed E-state index contributed by atoms with van der Waals surface area (Å²) in [6.07, 6.45) is 1.64. The molecule has 6 atom stereocenters. The SMILES string of the molecule is CCCSc1nc(NC2C[C@H]2c2ccc(C)c(F)c2)c2nnn([C@@H]3C[C@H](OCCO)C4OC(C)(C)OC43)c2n1. The van der Waals surface area contributed by atoms with Gasteiger partial charge in [-0.15, -0.1) is 5.10 Å². The fourth-order valence-electron chi connectivity index (χ4n) is 5.64. The van der Waals surface area contributed by atoms with E-state index in [1.807, 2.05) is 30.7 Å². The Balaban J connectivity index is 1.31. The molecule has 0 radical (unpaired) electrons. The van der Waals surface area contributed by atoms with Gasteiger partial charge in [-0.3, -0.25) is 0 Å². The Morgan fingerprint density at radius 1 is 1.23 bits per heavy atom. The number of aliphatic hydroxyl groups excluding tert-OH is 1. The van der Waals surface area contributed by atoms with Crippen LogP contribution in [0.1, 0.15) is 63.1 Å². The maximum atomic E-state index is 14.2. The summed E-state index contributed by atoms with van der Waals surface area (Å²) in [4.78, 5) is 9.67. The molecule has 0 amide bonds. The molecule has 3 fully saturated rings. The van der Waals surface area contributed by atoms with Gasteiger partial charge in [-0.05, 0) is 50.8 Å². The van der Waals surface area contributed by atoms with Crippen LogP contribution in [-0.4, -0.2) is 79.2 Å². The van der Waals surface area contributed by atoms with Crippen molar-refractivity contribution < 1.29 is 23.7 Å². The van der Waals surface area contributed by atoms with Crippen molar-refractivity contribution in [3.05, 3.63) is 35.1 Å². The summed E-state index contributed by atoms with van der Waals surface area (Å²) >= 11 is 1.59. The predicted molar refractivity (Wildman–Crippen MR) is 144 cm³/mol. The van der Waals surface area contributed by atoms with Gasteiger partial charge in [0.05, 0.1) is 25.4 Å². The summed E-state index contributed by atoms with van der Waals surface area (Å²) in [5.41, 5.74) is 2.85. The van der Waals surface area contributed by atoms with E-state index in [1.54, 1.807) is 24.8 Å². The summed E-state index contributed by atoms with van der Waals surface area (Å²) in [6.45, 7) is 7.84. The van der Waals surface area contributed by atoms with Gasteiger partial charge in [-0.1, -0.05) is 36.0 Å². The molecule has 6 rings (SSSR count). The minimum absolute atomic E-state index is 0.0628. The number of hydrogen-bond donors (Lipinski definition) is 2. The second kappa shape index (κ2) is 10.5. The lowest BCUT2D eigenvalue weighted by Gasteiger charge is -2.23. The molecule has 39 heavy (non-hydrogen) atoms. The standard InChI is InChI=1S/C27H35FN6O4S/c1-5-10-39-26-30-24(29-18-12-16(18)15-7-6-14(2)17(28)11-15)21-25(31-26)34(33-32-21)19-13-20(36-9-8-35)23-22(19)37-27(3,4)38-23/h6-7,11,16,18-20,22-23,35H,5,8-10,12-13H2,1-4H3,(H,29,30,31)/t16-,18?,19+,20-,22?,23?/m0/s1. The Hall–Kier alpha value is -2.38. The first-order valence-electron chi connectivity index (χ1n) is 13.6. The molecule has 2 N–H and O–H groups in total. The van der Waals surface area contributed by atoms with Gasteiger partial charge in [0.2, 0.25) is 0 Å². The van der Waals surface area contributed by atoms with Gasteiger partial charge in [-0.25, -0.2) is 19.0 Å². The molecule has 2 saturated carbocycles. The molecule has 3 unspecified atom stereocenters. The highest BCUT2D eigenvalue weighted by Gasteiger charge is 2.56. The molecule has 1 aromatic carbocycles. The quantitative estimate of drug-likeness (QED) is 0.280. The summed E-state index contributed by atoms with van der Waals surface area (Å²) in [7, 11) is 0. The average Bonchev–Trinajstić information content (AvgIpc) is 3.24. The summed E-state index contributed by atoms with van der Waals surface area (Å²) < 4.78 is 34.4. The number of benzene rings is 1.